The number of hydrogen-bond acceptors (Lipinski definition) is 2. The number of hydrogen-bond donors (Lipinski definition) is 1. The molecule has 2 atom stereocenters. The molecule has 1 aromatic rings. The molecule has 2 saturated carbocycles. The normalized spacial score (nSPS) is 32.8. The van der Waals surface area contributed by atoms with E-state index in [0.717, 1.165) is 12.8 Å². The zero-order chi connectivity index (χ0) is 13.3. The Morgan fingerprint density at radius 3 is 2.74 bits per heavy atom. The van der Waals surface area contributed by atoms with Gasteiger partial charge in [0.2, 0.25) is 0 Å². The van der Waals surface area contributed by atoms with Crippen LogP contribution < -0.4 is 5.73 Å². The fraction of sp³-hybridized carbons (Fsp3) is 0.812. The Balaban J connectivity index is 1.69. The van der Waals surface area contributed by atoms with Gasteiger partial charge in [0, 0.05) is 18.2 Å². The van der Waals surface area contributed by atoms with Crippen molar-refractivity contribution in [3.05, 3.63) is 18.0 Å². The van der Waals surface area contributed by atoms with Crippen molar-refractivity contribution in [2.75, 3.05) is 0 Å². The SMILES string of the molecule is CC1CCCCC1(N)Cc1ccn(C2CCCC2)n1. The second kappa shape index (κ2) is 5.28. The third kappa shape index (κ3) is 2.71. The highest BCUT2D eigenvalue weighted by Crippen LogP contribution is 2.34. The smallest absolute Gasteiger partial charge is 0.0643 e. The molecular weight excluding hydrogens is 234 g/mol. The van der Waals surface area contributed by atoms with E-state index in [9.17, 15) is 0 Å². The van der Waals surface area contributed by atoms with Crippen molar-refractivity contribution in [3.63, 3.8) is 0 Å². The first kappa shape index (κ1) is 13.2. The molecule has 2 N–H and O–H groups in total. The first-order chi connectivity index (χ1) is 9.17. The van der Waals surface area contributed by atoms with Crippen LogP contribution in [0.15, 0.2) is 12.3 Å². The van der Waals surface area contributed by atoms with Gasteiger partial charge in [0.15, 0.2) is 0 Å². The molecule has 2 aliphatic carbocycles. The molecule has 0 spiro atoms. The minimum atomic E-state index is -0.0207. The molecule has 0 aromatic carbocycles. The van der Waals surface area contributed by atoms with Crippen molar-refractivity contribution in [2.45, 2.75) is 76.3 Å². The average Bonchev–Trinajstić information content (AvgIpc) is 3.03. The second-order valence-electron chi connectivity index (χ2n) is 6.78. The Labute approximate surface area is 116 Å². The summed E-state index contributed by atoms with van der Waals surface area (Å²) >= 11 is 0. The van der Waals surface area contributed by atoms with Gasteiger partial charge in [-0.1, -0.05) is 32.6 Å². The highest BCUT2D eigenvalue weighted by atomic mass is 15.3. The number of aromatic nitrogens is 2. The molecule has 0 aliphatic heterocycles. The molecule has 3 nitrogen and oxygen atoms in total. The summed E-state index contributed by atoms with van der Waals surface area (Å²) in [6, 6.07) is 2.83. The minimum absolute atomic E-state index is 0.0207. The van der Waals surface area contributed by atoms with E-state index >= 15 is 0 Å². The van der Waals surface area contributed by atoms with Gasteiger partial charge in [-0.05, 0) is 37.7 Å². The van der Waals surface area contributed by atoms with Crippen molar-refractivity contribution in [3.8, 4) is 0 Å². The van der Waals surface area contributed by atoms with Crippen LogP contribution in [0.3, 0.4) is 0 Å². The van der Waals surface area contributed by atoms with Crippen molar-refractivity contribution in [2.24, 2.45) is 11.7 Å². The van der Waals surface area contributed by atoms with Gasteiger partial charge in [-0.15, -0.1) is 0 Å². The molecule has 19 heavy (non-hydrogen) atoms. The summed E-state index contributed by atoms with van der Waals surface area (Å²) < 4.78 is 2.19. The van der Waals surface area contributed by atoms with Crippen LogP contribution in [0.2, 0.25) is 0 Å². The van der Waals surface area contributed by atoms with Crippen LogP contribution in [-0.4, -0.2) is 15.3 Å². The van der Waals surface area contributed by atoms with Crippen molar-refractivity contribution in [1.29, 1.82) is 0 Å². The third-order valence-electron chi connectivity index (χ3n) is 5.38. The van der Waals surface area contributed by atoms with Crippen molar-refractivity contribution in [1.82, 2.24) is 9.78 Å². The van der Waals surface area contributed by atoms with Crippen LogP contribution in [0, 0.1) is 5.92 Å². The zero-order valence-corrected chi connectivity index (χ0v) is 12.1. The van der Waals surface area contributed by atoms with Crippen LogP contribution in [-0.2, 0) is 6.42 Å². The lowest BCUT2D eigenvalue weighted by molar-refractivity contribution is 0.202. The first-order valence-electron chi connectivity index (χ1n) is 8.00. The monoisotopic (exact) mass is 261 g/mol. The molecule has 106 valence electrons. The van der Waals surface area contributed by atoms with E-state index in [4.69, 9.17) is 10.8 Å². The predicted octanol–water partition coefficient (Wildman–Crippen LogP) is 3.45. The lowest BCUT2D eigenvalue weighted by Gasteiger charge is -2.39. The number of rotatable bonds is 3. The van der Waals surface area contributed by atoms with E-state index in [-0.39, 0.29) is 5.54 Å². The molecular formula is C16H27N3. The van der Waals surface area contributed by atoms with Crippen LogP contribution in [0.25, 0.3) is 0 Å². The molecule has 0 bridgehead atoms. The summed E-state index contributed by atoms with van der Waals surface area (Å²) in [5.41, 5.74) is 7.82. The lowest BCUT2D eigenvalue weighted by atomic mass is 9.72. The quantitative estimate of drug-likeness (QED) is 0.905. The van der Waals surface area contributed by atoms with Gasteiger partial charge < -0.3 is 5.73 Å². The van der Waals surface area contributed by atoms with E-state index in [1.54, 1.807) is 0 Å². The van der Waals surface area contributed by atoms with E-state index in [2.05, 4.69) is 23.9 Å². The maximum absolute atomic E-state index is 6.65. The molecule has 2 fully saturated rings. The Morgan fingerprint density at radius 1 is 1.26 bits per heavy atom. The van der Waals surface area contributed by atoms with Gasteiger partial charge in [-0.2, -0.15) is 5.10 Å². The highest BCUT2D eigenvalue weighted by Gasteiger charge is 2.35. The molecule has 1 heterocycles. The molecule has 1 aromatic heterocycles. The number of nitrogens with two attached hydrogens (primary N) is 1. The summed E-state index contributed by atoms with van der Waals surface area (Å²) in [6.07, 6.45) is 13.5. The van der Waals surface area contributed by atoms with E-state index in [1.807, 2.05) is 0 Å². The minimum Gasteiger partial charge on any atom is -0.325 e. The van der Waals surface area contributed by atoms with Crippen molar-refractivity contribution < 1.29 is 0 Å². The topological polar surface area (TPSA) is 43.8 Å². The fourth-order valence-electron chi connectivity index (χ4n) is 3.88. The maximum atomic E-state index is 6.65. The summed E-state index contributed by atoms with van der Waals surface area (Å²) in [6.45, 7) is 2.31. The van der Waals surface area contributed by atoms with E-state index < -0.39 is 0 Å². The summed E-state index contributed by atoms with van der Waals surface area (Å²) in [4.78, 5) is 0. The standard InChI is InChI=1S/C16H27N3/c1-13-6-4-5-10-16(13,17)12-14-9-11-19(18-14)15-7-2-3-8-15/h9,11,13,15H,2-8,10,12,17H2,1H3. The van der Waals surface area contributed by atoms with Crippen LogP contribution in [0.5, 0.6) is 0 Å². The molecule has 0 amide bonds. The van der Waals surface area contributed by atoms with E-state index in [1.165, 1.54) is 50.6 Å². The van der Waals surface area contributed by atoms with Gasteiger partial charge in [-0.25, -0.2) is 0 Å². The Morgan fingerprint density at radius 2 is 2.00 bits per heavy atom. The lowest BCUT2D eigenvalue weighted by Crippen LogP contribution is -2.50. The van der Waals surface area contributed by atoms with Crippen molar-refractivity contribution >= 4 is 0 Å². The third-order valence-corrected chi connectivity index (χ3v) is 5.38. The van der Waals surface area contributed by atoms with E-state index in [0.29, 0.717) is 12.0 Å². The molecule has 3 heteroatoms. The molecule has 0 saturated heterocycles. The molecule has 2 aliphatic rings. The Kier molecular flexibility index (Phi) is 3.66. The van der Waals surface area contributed by atoms with Gasteiger partial charge >= 0.3 is 0 Å². The van der Waals surface area contributed by atoms with Crippen LogP contribution in [0.4, 0.5) is 0 Å². The summed E-state index contributed by atoms with van der Waals surface area (Å²) in [7, 11) is 0. The molecule has 2 unspecified atom stereocenters. The van der Waals surface area contributed by atoms with Gasteiger partial charge in [0.1, 0.15) is 0 Å². The zero-order valence-electron chi connectivity index (χ0n) is 12.1. The first-order valence-corrected chi connectivity index (χ1v) is 8.00. The Hall–Kier alpha value is -0.830. The number of nitrogens with zero attached hydrogens (tertiary/aromatic N) is 2. The van der Waals surface area contributed by atoms with Crippen LogP contribution >= 0.6 is 0 Å². The van der Waals surface area contributed by atoms with Gasteiger partial charge in [0.25, 0.3) is 0 Å². The fourth-order valence-corrected chi connectivity index (χ4v) is 3.88. The van der Waals surface area contributed by atoms with Gasteiger partial charge in [0.05, 0.1) is 11.7 Å². The highest BCUT2D eigenvalue weighted by molar-refractivity contribution is 5.08. The predicted molar refractivity (Wildman–Crippen MR) is 78.0 cm³/mol. The Bertz CT molecular complexity index is 419. The van der Waals surface area contributed by atoms with Gasteiger partial charge in [-0.3, -0.25) is 4.68 Å². The molecule has 0 radical (unpaired) electrons. The molecule has 3 rings (SSSR count). The largest absolute Gasteiger partial charge is 0.325 e. The summed E-state index contributed by atoms with van der Waals surface area (Å²) in [5, 5.41) is 4.80. The summed E-state index contributed by atoms with van der Waals surface area (Å²) in [5.74, 6) is 0.623. The van der Waals surface area contributed by atoms with Crippen LogP contribution in [0.1, 0.15) is 70.0 Å². The second-order valence-corrected chi connectivity index (χ2v) is 6.78. The average molecular weight is 261 g/mol. The maximum Gasteiger partial charge on any atom is 0.0643 e.